The maximum atomic E-state index is 4.79. The van der Waals surface area contributed by atoms with Crippen molar-refractivity contribution in [2.75, 3.05) is 26.2 Å². The summed E-state index contributed by atoms with van der Waals surface area (Å²) in [6.07, 6.45) is 10.3. The summed E-state index contributed by atoms with van der Waals surface area (Å²) < 4.78 is 0. The van der Waals surface area contributed by atoms with Gasteiger partial charge < -0.3 is 4.98 Å². The molecular weight excluding hydrogens is 348 g/mol. The normalized spacial score (nSPS) is 19.5. The molecule has 2 aliphatic rings. The van der Waals surface area contributed by atoms with Crippen molar-refractivity contribution in [1.82, 2.24) is 29.7 Å². The van der Waals surface area contributed by atoms with Crippen LogP contribution in [0.25, 0.3) is 0 Å². The summed E-state index contributed by atoms with van der Waals surface area (Å²) in [7, 11) is 0. The van der Waals surface area contributed by atoms with E-state index in [1.54, 1.807) is 0 Å². The van der Waals surface area contributed by atoms with Crippen molar-refractivity contribution in [3.63, 3.8) is 0 Å². The molecule has 0 saturated carbocycles. The molecule has 2 aliphatic heterocycles. The van der Waals surface area contributed by atoms with Gasteiger partial charge in [0.2, 0.25) is 0 Å². The molecular formula is C22H32N6. The number of hydrogen-bond donors (Lipinski definition) is 1. The number of piperidine rings is 1. The van der Waals surface area contributed by atoms with E-state index in [0.717, 1.165) is 69.9 Å². The van der Waals surface area contributed by atoms with Crippen LogP contribution in [0.4, 0.5) is 0 Å². The number of likely N-dealkylation sites (tertiary alicyclic amines) is 1. The zero-order valence-electron chi connectivity index (χ0n) is 17.4. The summed E-state index contributed by atoms with van der Waals surface area (Å²) in [4.78, 5) is 22.4. The number of aromatic nitrogens is 4. The fourth-order valence-corrected chi connectivity index (χ4v) is 4.64. The summed E-state index contributed by atoms with van der Waals surface area (Å²) in [5.41, 5.74) is 5.21. The van der Waals surface area contributed by atoms with Gasteiger partial charge in [-0.05, 0) is 32.8 Å². The molecule has 0 amide bonds. The monoisotopic (exact) mass is 380 g/mol. The first-order valence-corrected chi connectivity index (χ1v) is 10.5. The summed E-state index contributed by atoms with van der Waals surface area (Å²) in [5, 5.41) is 0. The fourth-order valence-electron chi connectivity index (χ4n) is 4.64. The lowest BCUT2D eigenvalue weighted by Crippen LogP contribution is -2.56. The van der Waals surface area contributed by atoms with Crippen LogP contribution in [0, 0.1) is 0 Å². The predicted molar refractivity (Wildman–Crippen MR) is 111 cm³/mol. The molecule has 6 nitrogen and oxygen atoms in total. The SMILES string of the molecule is CCc1nccc(CN2CCC3(CC2)c2nc[nH]c2CCN3CC=C(C)C)n1. The average Bonchev–Trinajstić information content (AvgIpc) is 3.19. The van der Waals surface area contributed by atoms with Gasteiger partial charge >= 0.3 is 0 Å². The van der Waals surface area contributed by atoms with Crippen molar-refractivity contribution >= 4 is 0 Å². The minimum Gasteiger partial charge on any atom is -0.348 e. The molecule has 28 heavy (non-hydrogen) atoms. The quantitative estimate of drug-likeness (QED) is 0.808. The molecule has 0 aliphatic carbocycles. The van der Waals surface area contributed by atoms with Gasteiger partial charge in [-0.25, -0.2) is 15.0 Å². The van der Waals surface area contributed by atoms with Crippen molar-refractivity contribution in [3.05, 3.63) is 53.1 Å². The third-order valence-corrected chi connectivity index (χ3v) is 6.26. The van der Waals surface area contributed by atoms with E-state index < -0.39 is 0 Å². The number of hydrogen-bond acceptors (Lipinski definition) is 5. The Morgan fingerprint density at radius 2 is 2.04 bits per heavy atom. The third kappa shape index (κ3) is 3.76. The van der Waals surface area contributed by atoms with Crippen LogP contribution in [-0.4, -0.2) is 55.9 Å². The Morgan fingerprint density at radius 3 is 2.79 bits per heavy atom. The van der Waals surface area contributed by atoms with E-state index in [-0.39, 0.29) is 5.54 Å². The maximum Gasteiger partial charge on any atom is 0.128 e. The summed E-state index contributed by atoms with van der Waals surface area (Å²) in [5.74, 6) is 0.937. The zero-order valence-corrected chi connectivity index (χ0v) is 17.4. The number of allylic oxidation sites excluding steroid dienone is 1. The number of nitrogens with one attached hydrogen (secondary N) is 1. The van der Waals surface area contributed by atoms with Crippen LogP contribution in [0.15, 0.2) is 30.2 Å². The van der Waals surface area contributed by atoms with E-state index in [2.05, 4.69) is 52.7 Å². The molecule has 2 aromatic heterocycles. The Hall–Kier alpha value is -2.05. The maximum absolute atomic E-state index is 4.79. The van der Waals surface area contributed by atoms with Crippen LogP contribution in [0.3, 0.4) is 0 Å². The largest absolute Gasteiger partial charge is 0.348 e. The standard InChI is InChI=1S/C22H32N6/c1-4-20-23-10-5-18(26-20)15-27-13-8-22(9-14-27)21-19(24-16-25-21)7-12-28(22)11-6-17(2)3/h5-6,10,16H,4,7-9,11-15H2,1-3H3,(H,24,25). The van der Waals surface area contributed by atoms with Gasteiger partial charge in [0.1, 0.15) is 5.82 Å². The number of nitrogens with zero attached hydrogens (tertiary/aromatic N) is 5. The molecule has 1 N–H and O–H groups in total. The summed E-state index contributed by atoms with van der Waals surface area (Å²) in [6.45, 7) is 11.6. The van der Waals surface area contributed by atoms with Gasteiger partial charge in [0.25, 0.3) is 0 Å². The number of imidazole rings is 1. The second-order valence-corrected chi connectivity index (χ2v) is 8.33. The first-order chi connectivity index (χ1) is 13.6. The van der Waals surface area contributed by atoms with Crippen molar-refractivity contribution in [2.24, 2.45) is 0 Å². The molecule has 150 valence electrons. The smallest absolute Gasteiger partial charge is 0.128 e. The number of rotatable bonds is 5. The first kappa shape index (κ1) is 19.3. The van der Waals surface area contributed by atoms with Gasteiger partial charge in [-0.1, -0.05) is 18.6 Å². The number of aryl methyl sites for hydroxylation is 1. The van der Waals surface area contributed by atoms with Crippen LogP contribution in [-0.2, 0) is 24.9 Å². The fraction of sp³-hybridized carbons (Fsp3) is 0.591. The molecule has 1 saturated heterocycles. The topological polar surface area (TPSA) is 60.9 Å². The minimum atomic E-state index is 0.0658. The summed E-state index contributed by atoms with van der Waals surface area (Å²) >= 11 is 0. The minimum absolute atomic E-state index is 0.0658. The molecule has 4 heterocycles. The second kappa shape index (κ2) is 8.13. The number of fused-ring (bicyclic) bond motifs is 2. The highest BCUT2D eigenvalue weighted by Gasteiger charge is 2.46. The zero-order chi connectivity index (χ0) is 19.6. The molecule has 1 spiro atoms. The molecule has 0 unspecified atom stereocenters. The van der Waals surface area contributed by atoms with Crippen LogP contribution >= 0.6 is 0 Å². The molecule has 0 aromatic carbocycles. The summed E-state index contributed by atoms with van der Waals surface area (Å²) in [6, 6.07) is 2.05. The van der Waals surface area contributed by atoms with E-state index in [1.807, 2.05) is 12.5 Å². The molecule has 0 atom stereocenters. The average molecular weight is 381 g/mol. The Balaban J connectivity index is 1.50. The van der Waals surface area contributed by atoms with Crippen molar-refractivity contribution in [3.8, 4) is 0 Å². The molecule has 2 aromatic rings. The molecule has 0 radical (unpaired) electrons. The Kier molecular flexibility index (Phi) is 5.60. The molecule has 4 rings (SSSR count). The highest BCUT2D eigenvalue weighted by atomic mass is 15.3. The molecule has 1 fully saturated rings. The number of aromatic amines is 1. The van der Waals surface area contributed by atoms with E-state index in [4.69, 9.17) is 9.97 Å². The van der Waals surface area contributed by atoms with E-state index >= 15 is 0 Å². The van der Waals surface area contributed by atoms with Gasteiger partial charge in [-0.3, -0.25) is 9.80 Å². The van der Waals surface area contributed by atoms with E-state index in [1.165, 1.54) is 17.0 Å². The van der Waals surface area contributed by atoms with Crippen LogP contribution < -0.4 is 0 Å². The van der Waals surface area contributed by atoms with E-state index in [9.17, 15) is 0 Å². The van der Waals surface area contributed by atoms with Crippen LogP contribution in [0.1, 0.15) is 56.5 Å². The second-order valence-electron chi connectivity index (χ2n) is 8.33. The van der Waals surface area contributed by atoms with Gasteiger partial charge in [0.15, 0.2) is 0 Å². The molecule has 0 bridgehead atoms. The molecule has 6 heteroatoms. The lowest BCUT2D eigenvalue weighted by Gasteiger charge is -2.50. The van der Waals surface area contributed by atoms with Gasteiger partial charge in [-0.2, -0.15) is 0 Å². The Morgan fingerprint density at radius 1 is 1.21 bits per heavy atom. The van der Waals surface area contributed by atoms with Crippen molar-refractivity contribution in [1.29, 1.82) is 0 Å². The van der Waals surface area contributed by atoms with Crippen LogP contribution in [0.2, 0.25) is 0 Å². The predicted octanol–water partition coefficient (Wildman–Crippen LogP) is 3.08. The van der Waals surface area contributed by atoms with Crippen molar-refractivity contribution < 1.29 is 0 Å². The highest BCUT2D eigenvalue weighted by molar-refractivity contribution is 5.27. The van der Waals surface area contributed by atoms with E-state index in [0.29, 0.717) is 0 Å². The van der Waals surface area contributed by atoms with Crippen LogP contribution in [0.5, 0.6) is 0 Å². The lowest BCUT2D eigenvalue weighted by molar-refractivity contribution is 0.0110. The lowest BCUT2D eigenvalue weighted by atomic mass is 9.78. The third-order valence-electron chi connectivity index (χ3n) is 6.26. The Bertz CT molecular complexity index is 827. The van der Waals surface area contributed by atoms with Gasteiger partial charge in [0, 0.05) is 57.5 Å². The number of H-pyrrole nitrogens is 1. The first-order valence-electron chi connectivity index (χ1n) is 10.5. The Labute approximate surface area is 168 Å². The van der Waals surface area contributed by atoms with Gasteiger partial charge in [-0.15, -0.1) is 0 Å². The highest BCUT2D eigenvalue weighted by Crippen LogP contribution is 2.42. The van der Waals surface area contributed by atoms with Gasteiger partial charge in [0.05, 0.1) is 23.3 Å². The van der Waals surface area contributed by atoms with Crippen molar-refractivity contribution in [2.45, 2.75) is 58.5 Å².